The number of nitrogens with zero attached hydrogens (tertiary/aromatic N) is 1. The van der Waals surface area contributed by atoms with Gasteiger partial charge in [-0.3, -0.25) is 4.79 Å². The topological polar surface area (TPSA) is 60.3 Å². The minimum absolute atomic E-state index is 0. The molecule has 0 fully saturated rings. The summed E-state index contributed by atoms with van der Waals surface area (Å²) in [4.78, 5) is 20.6. The Bertz CT molecular complexity index is 163. The van der Waals surface area contributed by atoms with Crippen LogP contribution in [-0.4, -0.2) is 23.6 Å². The minimum atomic E-state index is -0.427. The van der Waals surface area contributed by atoms with Crippen LogP contribution >= 0.6 is 25.3 Å². The number of hydrogen-bond donors (Lipinski definition) is 3. The van der Waals surface area contributed by atoms with Crippen LogP contribution in [0.4, 0.5) is 9.59 Å². The van der Waals surface area contributed by atoms with Crippen LogP contribution in [0.1, 0.15) is 19.3 Å². The predicted molar refractivity (Wildman–Crippen MR) is 58.8 cm³/mol. The molecular formula is C7H13N2NaO2S2. The monoisotopic (exact) mass is 244 g/mol. The van der Waals surface area contributed by atoms with E-state index in [4.69, 9.17) is 0 Å². The molecular weight excluding hydrogens is 231 g/mol. The number of nitrogens with one attached hydrogen (secondary N) is 1. The summed E-state index contributed by atoms with van der Waals surface area (Å²) in [6.07, 6.45) is 2.65. The van der Waals surface area contributed by atoms with Gasteiger partial charge in [0.1, 0.15) is 5.24 Å². The van der Waals surface area contributed by atoms with Crippen LogP contribution < -0.4 is 34.9 Å². The van der Waals surface area contributed by atoms with Crippen molar-refractivity contribution in [3.63, 3.8) is 0 Å². The van der Waals surface area contributed by atoms with Gasteiger partial charge >= 0.3 is 29.6 Å². The van der Waals surface area contributed by atoms with Gasteiger partial charge in [-0.1, -0.05) is 25.5 Å². The summed E-state index contributed by atoms with van der Waals surface area (Å²) in [5.41, 5.74) is 0. The first kappa shape index (κ1) is 17.0. The smallest absolute Gasteiger partial charge is 0.644 e. The Morgan fingerprint density at radius 3 is 2.29 bits per heavy atom. The van der Waals surface area contributed by atoms with Gasteiger partial charge in [-0.2, -0.15) is 0 Å². The molecule has 0 unspecified atom stereocenters. The van der Waals surface area contributed by atoms with E-state index in [0.717, 1.165) is 19.3 Å². The number of carbonyl (C=O) groups excluding carboxylic acids is 2. The third-order valence-electron chi connectivity index (χ3n) is 1.36. The van der Waals surface area contributed by atoms with Gasteiger partial charge in [0.15, 0.2) is 0 Å². The maximum absolute atomic E-state index is 10.3. The Labute approximate surface area is 117 Å². The zero-order valence-corrected chi connectivity index (χ0v) is 12.0. The van der Waals surface area contributed by atoms with Crippen molar-refractivity contribution < 1.29 is 39.1 Å². The quantitative estimate of drug-likeness (QED) is 0.326. The fourth-order valence-corrected chi connectivity index (χ4v) is 0.995. The molecule has 0 saturated heterocycles. The van der Waals surface area contributed by atoms with E-state index in [0.29, 0.717) is 13.1 Å². The second-order valence-electron chi connectivity index (χ2n) is 2.46. The van der Waals surface area contributed by atoms with Crippen LogP contribution in [0.3, 0.4) is 0 Å². The number of hydrogen-bond acceptors (Lipinski definition) is 2. The van der Waals surface area contributed by atoms with E-state index < -0.39 is 5.24 Å². The van der Waals surface area contributed by atoms with Gasteiger partial charge in [-0.15, -0.1) is 19.2 Å². The molecule has 0 aliphatic heterocycles. The van der Waals surface area contributed by atoms with Crippen molar-refractivity contribution in [2.24, 2.45) is 0 Å². The summed E-state index contributed by atoms with van der Waals surface area (Å²) in [5.74, 6) is 0. The number of thiol groups is 2. The summed E-state index contributed by atoms with van der Waals surface area (Å²) < 4.78 is 0. The predicted octanol–water partition coefficient (Wildman–Crippen LogP) is -0.776. The molecule has 0 aromatic rings. The summed E-state index contributed by atoms with van der Waals surface area (Å²) >= 11 is 7.04. The van der Waals surface area contributed by atoms with Crippen LogP contribution in [0.25, 0.3) is 5.32 Å². The molecule has 0 aromatic heterocycles. The normalized spacial score (nSPS) is 8.71. The molecule has 0 atom stereocenters. The minimum Gasteiger partial charge on any atom is -0.644 e. The summed E-state index contributed by atoms with van der Waals surface area (Å²) in [6, 6.07) is 0. The molecule has 0 rings (SSSR count). The Balaban J connectivity index is 0. The molecule has 0 aliphatic rings. The van der Waals surface area contributed by atoms with Crippen LogP contribution in [-0.2, 0) is 0 Å². The molecule has 0 bridgehead atoms. The largest absolute Gasteiger partial charge is 1.00 e. The van der Waals surface area contributed by atoms with Crippen LogP contribution in [0, 0.1) is 0 Å². The Morgan fingerprint density at radius 1 is 1.14 bits per heavy atom. The van der Waals surface area contributed by atoms with E-state index in [9.17, 15) is 9.59 Å². The van der Waals surface area contributed by atoms with Crippen molar-refractivity contribution in [3.05, 3.63) is 5.32 Å². The fourth-order valence-electron chi connectivity index (χ4n) is 0.784. The van der Waals surface area contributed by atoms with E-state index in [1.54, 1.807) is 0 Å². The molecule has 0 heterocycles. The average molecular weight is 244 g/mol. The van der Waals surface area contributed by atoms with Crippen molar-refractivity contribution in [2.75, 3.05) is 13.1 Å². The van der Waals surface area contributed by atoms with Gasteiger partial charge in [0.05, 0.1) is 0 Å². The zero-order chi connectivity index (χ0) is 10.1. The molecule has 0 spiro atoms. The van der Waals surface area contributed by atoms with Gasteiger partial charge in [0.25, 0.3) is 5.24 Å². The van der Waals surface area contributed by atoms with Crippen molar-refractivity contribution >= 4 is 35.7 Å². The molecule has 76 valence electrons. The van der Waals surface area contributed by atoms with Crippen molar-refractivity contribution in [3.8, 4) is 0 Å². The fraction of sp³-hybridized carbons (Fsp3) is 0.714. The molecule has 0 radical (unpaired) electrons. The van der Waals surface area contributed by atoms with E-state index >= 15 is 0 Å². The summed E-state index contributed by atoms with van der Waals surface area (Å²) in [7, 11) is 0. The van der Waals surface area contributed by atoms with Crippen LogP contribution in [0.5, 0.6) is 0 Å². The SMILES string of the molecule is O=C(S)[N-]CCCCCNC(=O)S.[Na+]. The first-order chi connectivity index (χ1) is 6.13. The molecule has 0 aromatic carbocycles. The van der Waals surface area contributed by atoms with Gasteiger partial charge in [-0.05, 0) is 6.42 Å². The molecule has 14 heavy (non-hydrogen) atoms. The maximum atomic E-state index is 10.3. The Kier molecular flexibility index (Phi) is 14.3. The summed E-state index contributed by atoms with van der Waals surface area (Å²) in [5, 5.41) is 5.40. The standard InChI is InChI=1S/C7H14N2O2S2.Na/c10-6(12)8-4-2-1-3-5-9-7(11)13;/h1-5H2,(H4,8,9,10,11,12,13);/q;+1/p-1. The summed E-state index contributed by atoms with van der Waals surface area (Å²) in [6.45, 7) is 1.13. The molecule has 7 heteroatoms. The maximum Gasteiger partial charge on any atom is 1.00 e. The van der Waals surface area contributed by atoms with Gasteiger partial charge in [0, 0.05) is 6.54 Å². The van der Waals surface area contributed by atoms with Crippen LogP contribution in [0.15, 0.2) is 0 Å². The second kappa shape index (κ2) is 11.7. The molecule has 4 nitrogen and oxygen atoms in total. The van der Waals surface area contributed by atoms with Crippen molar-refractivity contribution in [1.29, 1.82) is 0 Å². The number of rotatable bonds is 6. The molecule has 1 N–H and O–H groups in total. The molecule has 0 saturated carbocycles. The van der Waals surface area contributed by atoms with E-state index in [2.05, 4.69) is 35.9 Å². The second-order valence-corrected chi connectivity index (χ2v) is 3.25. The molecule has 0 aliphatic carbocycles. The van der Waals surface area contributed by atoms with Crippen molar-refractivity contribution in [2.45, 2.75) is 19.3 Å². The third-order valence-corrected chi connectivity index (χ3v) is 1.66. The Hall–Kier alpha value is 0.640. The first-order valence-corrected chi connectivity index (χ1v) is 4.89. The Morgan fingerprint density at radius 2 is 1.79 bits per heavy atom. The number of unbranched alkanes of at least 4 members (excludes halogenated alkanes) is 2. The van der Waals surface area contributed by atoms with E-state index in [-0.39, 0.29) is 34.8 Å². The van der Waals surface area contributed by atoms with E-state index in [1.165, 1.54) is 0 Å². The van der Waals surface area contributed by atoms with E-state index in [1.807, 2.05) is 0 Å². The first-order valence-electron chi connectivity index (χ1n) is 4.00. The van der Waals surface area contributed by atoms with Gasteiger partial charge in [-0.25, -0.2) is 0 Å². The molecule has 2 amide bonds. The third kappa shape index (κ3) is 15.1. The zero-order valence-electron chi connectivity index (χ0n) is 8.19. The van der Waals surface area contributed by atoms with Crippen LogP contribution in [0.2, 0.25) is 0 Å². The average Bonchev–Trinajstić information content (AvgIpc) is 2.01. The van der Waals surface area contributed by atoms with Gasteiger partial charge in [0.2, 0.25) is 0 Å². The number of amides is 2. The number of carbonyl (C=O) groups is 2. The van der Waals surface area contributed by atoms with Crippen molar-refractivity contribution in [1.82, 2.24) is 5.32 Å². The van der Waals surface area contributed by atoms with Gasteiger partial charge < -0.3 is 15.4 Å².